The van der Waals surface area contributed by atoms with Gasteiger partial charge in [0, 0.05) is 13.0 Å². The maximum Gasteiger partial charge on any atom is 0.332 e. The van der Waals surface area contributed by atoms with Crippen molar-refractivity contribution in [2.75, 3.05) is 6.61 Å². The Hall–Kier alpha value is -3.71. The molecule has 0 saturated heterocycles. The highest BCUT2D eigenvalue weighted by atomic mass is 16.5. The molecule has 0 radical (unpaired) electrons. The van der Waals surface area contributed by atoms with E-state index in [1.807, 2.05) is 42.5 Å². The minimum atomic E-state index is -0.499. The van der Waals surface area contributed by atoms with Crippen molar-refractivity contribution in [1.82, 2.24) is 9.13 Å². The highest BCUT2D eigenvalue weighted by molar-refractivity contribution is 5.84. The van der Waals surface area contributed by atoms with Gasteiger partial charge in [0.05, 0.1) is 18.7 Å². The summed E-state index contributed by atoms with van der Waals surface area (Å²) in [4.78, 5) is 31.2. The normalized spacial score (nSPS) is 15.2. The van der Waals surface area contributed by atoms with Crippen LogP contribution in [0.5, 0.6) is 5.75 Å². The first kappa shape index (κ1) is 24.4. The molecule has 182 valence electrons. The third kappa shape index (κ3) is 5.35. The van der Waals surface area contributed by atoms with E-state index in [4.69, 9.17) is 9.73 Å². The van der Waals surface area contributed by atoms with Crippen LogP contribution in [0.15, 0.2) is 81.3 Å². The topological polar surface area (TPSA) is 85.8 Å². The maximum absolute atomic E-state index is 13.3. The number of aromatic nitrogens is 2. The number of nitrogens with zero attached hydrogens (tertiary/aromatic N) is 3. The molecule has 3 aromatic rings. The largest absolute Gasteiger partial charge is 0.443 e. The van der Waals surface area contributed by atoms with Gasteiger partial charge in [-0.2, -0.15) is 4.99 Å². The van der Waals surface area contributed by atoms with E-state index < -0.39 is 11.2 Å². The van der Waals surface area contributed by atoms with Crippen LogP contribution in [0.1, 0.15) is 30.0 Å². The molecule has 0 fully saturated rings. The van der Waals surface area contributed by atoms with E-state index in [1.165, 1.54) is 4.57 Å². The fourth-order valence-electron chi connectivity index (χ4n) is 4.38. The summed E-state index contributed by atoms with van der Waals surface area (Å²) in [5.74, 6) is 1.42. The zero-order chi connectivity index (χ0) is 24.9. The van der Waals surface area contributed by atoms with Crippen molar-refractivity contribution in [1.29, 1.82) is 0 Å². The van der Waals surface area contributed by atoms with Crippen molar-refractivity contribution in [3.63, 3.8) is 0 Å². The monoisotopic (exact) mass is 473 g/mol. The van der Waals surface area contributed by atoms with Gasteiger partial charge in [0.1, 0.15) is 11.6 Å². The number of fused-ring (bicyclic) bond motifs is 1. The number of aliphatic imine (C=N–C) groups is 1. The molecule has 1 N–H and O–H groups in total. The van der Waals surface area contributed by atoms with E-state index in [0.717, 1.165) is 22.1 Å². The van der Waals surface area contributed by atoms with Crippen LogP contribution in [0.4, 0.5) is 5.82 Å². The third-order valence-electron chi connectivity index (χ3n) is 6.38. The predicted molar refractivity (Wildman–Crippen MR) is 138 cm³/mol. The van der Waals surface area contributed by atoms with Gasteiger partial charge in [-0.1, -0.05) is 56.0 Å². The Balaban J connectivity index is 1.81. The zero-order valence-electron chi connectivity index (χ0n) is 20.2. The minimum Gasteiger partial charge on any atom is -0.443 e. The van der Waals surface area contributed by atoms with Gasteiger partial charge in [0.25, 0.3) is 5.56 Å². The lowest BCUT2D eigenvalue weighted by atomic mass is 9.93. The molecule has 0 amide bonds. The molecule has 1 unspecified atom stereocenters. The van der Waals surface area contributed by atoms with Gasteiger partial charge in [-0.05, 0) is 54.5 Å². The van der Waals surface area contributed by atoms with Crippen molar-refractivity contribution >= 4 is 11.7 Å². The van der Waals surface area contributed by atoms with Crippen molar-refractivity contribution < 1.29 is 9.84 Å². The van der Waals surface area contributed by atoms with Crippen LogP contribution in [0.25, 0.3) is 0 Å². The SMILES string of the molecule is C=C(CO)Cn1c(=O)c2c(n(C)c1=O)N=C(Oc1cccc(CC)c1)C(Cc1ccccc1)CC2. The fourth-order valence-corrected chi connectivity index (χ4v) is 4.38. The summed E-state index contributed by atoms with van der Waals surface area (Å²) in [5, 5.41) is 9.36. The van der Waals surface area contributed by atoms with Gasteiger partial charge in [-0.3, -0.25) is 13.9 Å². The summed E-state index contributed by atoms with van der Waals surface area (Å²) in [7, 11) is 1.61. The fraction of sp³-hybridized carbons (Fsp3) is 0.321. The van der Waals surface area contributed by atoms with E-state index in [-0.39, 0.29) is 19.1 Å². The van der Waals surface area contributed by atoms with Gasteiger partial charge >= 0.3 is 5.69 Å². The standard InChI is InChI=1S/C28H31N3O4/c1-4-20-11-8-12-23(16-20)35-26-22(15-21-9-6-5-7-10-21)13-14-24-25(29-26)30(3)28(34)31(27(24)33)17-19(2)18-32/h5-12,16,22,32H,2,4,13-15,17-18H2,1,3H3. The van der Waals surface area contributed by atoms with Crippen molar-refractivity contribution in [2.24, 2.45) is 18.0 Å². The van der Waals surface area contributed by atoms with Gasteiger partial charge in [-0.25, -0.2) is 4.79 Å². The van der Waals surface area contributed by atoms with Crippen LogP contribution in [-0.4, -0.2) is 26.7 Å². The van der Waals surface area contributed by atoms with Gasteiger partial charge in [-0.15, -0.1) is 0 Å². The van der Waals surface area contributed by atoms with Crippen LogP contribution in [0.2, 0.25) is 0 Å². The van der Waals surface area contributed by atoms with Crippen molar-refractivity contribution in [3.05, 3.63) is 104 Å². The van der Waals surface area contributed by atoms with E-state index in [2.05, 4.69) is 25.6 Å². The molecule has 4 rings (SSSR count). The van der Waals surface area contributed by atoms with Crippen molar-refractivity contribution in [2.45, 2.75) is 39.2 Å². The van der Waals surface area contributed by atoms with Crippen LogP contribution in [0, 0.1) is 5.92 Å². The van der Waals surface area contributed by atoms with Crippen LogP contribution < -0.4 is 16.0 Å². The molecule has 35 heavy (non-hydrogen) atoms. The lowest BCUT2D eigenvalue weighted by Crippen LogP contribution is -2.41. The Labute approximate surface area is 204 Å². The highest BCUT2D eigenvalue weighted by Gasteiger charge is 2.28. The maximum atomic E-state index is 13.3. The van der Waals surface area contributed by atoms with E-state index >= 15 is 0 Å². The van der Waals surface area contributed by atoms with E-state index in [9.17, 15) is 14.7 Å². The second-order valence-electron chi connectivity index (χ2n) is 8.92. The van der Waals surface area contributed by atoms with Gasteiger partial charge < -0.3 is 9.84 Å². The summed E-state index contributed by atoms with van der Waals surface area (Å²) in [6.45, 7) is 5.50. The Bertz CT molecular complexity index is 1370. The lowest BCUT2D eigenvalue weighted by molar-refractivity contribution is 0.323. The molecule has 0 bridgehead atoms. The summed E-state index contributed by atoms with van der Waals surface area (Å²) in [5.41, 5.74) is 2.26. The van der Waals surface area contributed by atoms with E-state index in [0.29, 0.717) is 47.9 Å². The Morgan fingerprint density at radius 2 is 1.89 bits per heavy atom. The van der Waals surface area contributed by atoms with Crippen molar-refractivity contribution in [3.8, 4) is 5.75 Å². The Morgan fingerprint density at radius 3 is 2.60 bits per heavy atom. The summed E-state index contributed by atoms with van der Waals surface area (Å²) < 4.78 is 8.85. The number of benzene rings is 2. The second-order valence-corrected chi connectivity index (χ2v) is 8.92. The van der Waals surface area contributed by atoms with Crippen LogP contribution >= 0.6 is 0 Å². The molecule has 0 aliphatic carbocycles. The smallest absolute Gasteiger partial charge is 0.332 e. The first-order valence-corrected chi connectivity index (χ1v) is 11.9. The van der Waals surface area contributed by atoms with Gasteiger partial charge in [0.2, 0.25) is 0 Å². The molecule has 1 aromatic heterocycles. The quantitative estimate of drug-likeness (QED) is 0.532. The number of aryl methyl sites for hydroxylation is 1. The molecular weight excluding hydrogens is 442 g/mol. The second kappa shape index (κ2) is 10.7. The first-order chi connectivity index (χ1) is 16.9. The summed E-state index contributed by atoms with van der Waals surface area (Å²) in [6, 6.07) is 18.0. The molecular formula is C28H31N3O4. The molecule has 1 aliphatic heterocycles. The number of ether oxygens (including phenoxy) is 1. The van der Waals surface area contributed by atoms with Crippen LogP contribution in [-0.2, 0) is 32.9 Å². The Morgan fingerprint density at radius 1 is 1.14 bits per heavy atom. The number of hydrogen-bond donors (Lipinski definition) is 1. The summed E-state index contributed by atoms with van der Waals surface area (Å²) >= 11 is 0. The third-order valence-corrected chi connectivity index (χ3v) is 6.38. The zero-order valence-corrected chi connectivity index (χ0v) is 20.2. The van der Waals surface area contributed by atoms with E-state index in [1.54, 1.807) is 7.05 Å². The molecule has 1 atom stereocenters. The number of aliphatic hydroxyl groups excluding tert-OH is 1. The highest BCUT2D eigenvalue weighted by Crippen LogP contribution is 2.28. The lowest BCUT2D eigenvalue weighted by Gasteiger charge is -2.18. The molecule has 2 heterocycles. The average molecular weight is 474 g/mol. The number of aliphatic hydroxyl groups is 1. The Kier molecular flexibility index (Phi) is 7.46. The molecule has 0 saturated carbocycles. The molecule has 7 heteroatoms. The summed E-state index contributed by atoms with van der Waals surface area (Å²) in [6.07, 6.45) is 2.68. The van der Waals surface area contributed by atoms with Crippen LogP contribution in [0.3, 0.4) is 0 Å². The number of rotatable bonds is 7. The first-order valence-electron chi connectivity index (χ1n) is 11.9. The predicted octanol–water partition coefficient (Wildman–Crippen LogP) is 3.57. The van der Waals surface area contributed by atoms with Gasteiger partial charge in [0.15, 0.2) is 5.90 Å². The molecule has 0 spiro atoms. The average Bonchev–Trinajstić information content (AvgIpc) is 3.05. The number of hydrogen-bond acceptors (Lipinski definition) is 5. The molecule has 2 aromatic carbocycles. The minimum absolute atomic E-state index is 0.0282. The molecule has 1 aliphatic rings. The molecule has 7 nitrogen and oxygen atoms in total.